The molecule has 4 amide bonds. The van der Waals surface area contributed by atoms with Crippen LogP contribution in [-0.2, 0) is 19.1 Å². The average Bonchev–Trinajstić information content (AvgIpc) is 3.15. The molecule has 0 spiro atoms. The zero-order chi connectivity index (χ0) is 27.2. The Morgan fingerprint density at radius 2 is 1.95 bits per heavy atom. The first kappa shape index (κ1) is 27.9. The number of carbonyl (C=O) groups excluding carboxylic acids is 4. The molecule has 0 atom stereocenters. The third-order valence-corrected chi connectivity index (χ3v) is 7.44. The first-order valence-corrected chi connectivity index (χ1v) is 13.6. The fraction of sp³-hybridized carbons (Fsp3) is 0.308. The van der Waals surface area contributed by atoms with E-state index >= 15 is 0 Å². The lowest BCUT2D eigenvalue weighted by molar-refractivity contribution is -0.139. The minimum atomic E-state index is -0.524. The van der Waals surface area contributed by atoms with Gasteiger partial charge in [0.2, 0.25) is 5.91 Å². The summed E-state index contributed by atoms with van der Waals surface area (Å²) in [6.07, 6.45) is 1.57. The predicted octanol–water partition coefficient (Wildman–Crippen LogP) is 3.52. The predicted molar refractivity (Wildman–Crippen MR) is 151 cm³/mol. The Morgan fingerprint density at radius 3 is 2.66 bits per heavy atom. The highest BCUT2D eigenvalue weighted by Crippen LogP contribution is 2.37. The molecule has 0 saturated carbocycles. The van der Waals surface area contributed by atoms with Crippen molar-refractivity contribution in [2.75, 3.05) is 51.9 Å². The standard InChI is InChI=1S/C26H26IN3O7S/c1-16-4-3-5-18(10-16)28-22(31)15-37-24-19(27)11-17(12-20(24)35-2)13-21-25(33)30(26(34)38-21)14-23(32)29-6-8-36-9-7-29/h3-5,10-13H,6-9,14-15H2,1-2H3,(H,28,31)/b21-13-. The maximum absolute atomic E-state index is 12.9. The third-order valence-electron chi connectivity index (χ3n) is 5.73. The third kappa shape index (κ3) is 6.85. The molecule has 12 heteroatoms. The first-order chi connectivity index (χ1) is 18.2. The number of methoxy groups -OCH3 is 1. The lowest BCUT2D eigenvalue weighted by atomic mass is 10.2. The van der Waals surface area contributed by atoms with Crippen LogP contribution in [-0.4, -0.2) is 79.3 Å². The number of aryl methyl sites for hydroxylation is 1. The van der Waals surface area contributed by atoms with Crippen LogP contribution in [0.5, 0.6) is 11.5 Å². The zero-order valence-corrected chi connectivity index (χ0v) is 23.8. The number of ether oxygens (including phenoxy) is 3. The summed E-state index contributed by atoms with van der Waals surface area (Å²) in [4.78, 5) is 53.1. The van der Waals surface area contributed by atoms with Crippen LogP contribution < -0.4 is 14.8 Å². The highest BCUT2D eigenvalue weighted by molar-refractivity contribution is 14.1. The number of amides is 4. The number of hydrogen-bond acceptors (Lipinski definition) is 8. The summed E-state index contributed by atoms with van der Waals surface area (Å²) in [6.45, 7) is 3.15. The minimum absolute atomic E-state index is 0.203. The summed E-state index contributed by atoms with van der Waals surface area (Å²) in [6, 6.07) is 10.9. The topological polar surface area (TPSA) is 114 Å². The lowest BCUT2D eigenvalue weighted by Gasteiger charge is -2.28. The molecular weight excluding hydrogens is 625 g/mol. The number of thioether (sulfide) groups is 1. The van der Waals surface area contributed by atoms with E-state index in [-0.39, 0.29) is 29.9 Å². The molecule has 0 aliphatic carbocycles. The van der Waals surface area contributed by atoms with Gasteiger partial charge in [-0.1, -0.05) is 12.1 Å². The minimum Gasteiger partial charge on any atom is -0.493 e. The molecule has 2 aromatic carbocycles. The van der Waals surface area contributed by atoms with E-state index in [0.717, 1.165) is 22.2 Å². The Kier molecular flexibility index (Phi) is 9.28. The number of nitrogens with one attached hydrogen (secondary N) is 1. The number of anilines is 1. The van der Waals surface area contributed by atoms with Crippen molar-refractivity contribution in [1.29, 1.82) is 0 Å². The second-order valence-electron chi connectivity index (χ2n) is 8.50. The second kappa shape index (κ2) is 12.6. The van der Waals surface area contributed by atoms with E-state index in [1.165, 1.54) is 7.11 Å². The van der Waals surface area contributed by atoms with Gasteiger partial charge in [-0.2, -0.15) is 0 Å². The monoisotopic (exact) mass is 651 g/mol. The van der Waals surface area contributed by atoms with Crippen molar-refractivity contribution in [3.05, 3.63) is 56.0 Å². The molecule has 2 saturated heterocycles. The van der Waals surface area contributed by atoms with Gasteiger partial charge >= 0.3 is 0 Å². The van der Waals surface area contributed by atoms with Crippen molar-refractivity contribution >= 4 is 69.1 Å². The van der Waals surface area contributed by atoms with Crippen LogP contribution in [0.3, 0.4) is 0 Å². The number of morpholine rings is 1. The maximum atomic E-state index is 12.9. The van der Waals surface area contributed by atoms with E-state index in [1.54, 1.807) is 29.2 Å². The van der Waals surface area contributed by atoms with Gasteiger partial charge in [0.25, 0.3) is 17.1 Å². The van der Waals surface area contributed by atoms with Crippen LogP contribution in [0.25, 0.3) is 6.08 Å². The van der Waals surface area contributed by atoms with Crippen LogP contribution in [0.15, 0.2) is 41.3 Å². The summed E-state index contributed by atoms with van der Waals surface area (Å²) in [5.74, 6) is -0.385. The van der Waals surface area contributed by atoms with Gasteiger partial charge in [-0.3, -0.25) is 24.1 Å². The van der Waals surface area contributed by atoms with Gasteiger partial charge in [0.05, 0.1) is 28.8 Å². The molecule has 2 aliphatic rings. The molecule has 0 radical (unpaired) electrons. The van der Waals surface area contributed by atoms with E-state index in [0.29, 0.717) is 52.6 Å². The normalized spacial score (nSPS) is 16.7. The Balaban J connectivity index is 1.43. The van der Waals surface area contributed by atoms with Gasteiger partial charge in [-0.05, 0) is 82.7 Å². The zero-order valence-electron chi connectivity index (χ0n) is 20.8. The summed E-state index contributed by atoms with van der Waals surface area (Å²) in [5, 5.41) is 2.29. The molecule has 1 N–H and O–H groups in total. The van der Waals surface area contributed by atoms with Crippen LogP contribution in [0.2, 0.25) is 0 Å². The summed E-state index contributed by atoms with van der Waals surface area (Å²) in [7, 11) is 1.47. The Bertz CT molecular complexity index is 1290. The SMILES string of the molecule is COc1cc(/C=C2\SC(=O)N(CC(=O)N3CCOCC3)C2=O)cc(I)c1OCC(=O)Nc1cccc(C)c1. The average molecular weight is 651 g/mol. The van der Waals surface area contributed by atoms with Crippen molar-refractivity contribution in [2.24, 2.45) is 0 Å². The molecule has 2 heterocycles. The summed E-state index contributed by atoms with van der Waals surface area (Å²) < 4.78 is 17.1. The highest BCUT2D eigenvalue weighted by atomic mass is 127. The number of halogens is 1. The van der Waals surface area contributed by atoms with Gasteiger partial charge in [0, 0.05) is 18.8 Å². The van der Waals surface area contributed by atoms with E-state index in [9.17, 15) is 19.2 Å². The summed E-state index contributed by atoms with van der Waals surface area (Å²) >= 11 is 2.84. The van der Waals surface area contributed by atoms with Crippen LogP contribution >= 0.6 is 34.4 Å². The van der Waals surface area contributed by atoms with Gasteiger partial charge in [-0.25, -0.2) is 0 Å². The van der Waals surface area contributed by atoms with Gasteiger partial charge in [-0.15, -0.1) is 0 Å². The van der Waals surface area contributed by atoms with Crippen molar-refractivity contribution < 1.29 is 33.4 Å². The molecule has 200 valence electrons. The van der Waals surface area contributed by atoms with Crippen molar-refractivity contribution in [3.8, 4) is 11.5 Å². The molecule has 2 aliphatic heterocycles. The van der Waals surface area contributed by atoms with Crippen LogP contribution in [0.1, 0.15) is 11.1 Å². The van der Waals surface area contributed by atoms with E-state index < -0.39 is 11.1 Å². The molecule has 38 heavy (non-hydrogen) atoms. The van der Waals surface area contributed by atoms with Crippen molar-refractivity contribution in [2.45, 2.75) is 6.92 Å². The molecule has 0 bridgehead atoms. The number of nitrogens with zero attached hydrogens (tertiary/aromatic N) is 2. The van der Waals surface area contributed by atoms with Crippen LogP contribution in [0, 0.1) is 10.5 Å². The maximum Gasteiger partial charge on any atom is 0.294 e. The number of carbonyl (C=O) groups is 4. The van der Waals surface area contributed by atoms with Gasteiger partial charge in [0.1, 0.15) is 6.54 Å². The Morgan fingerprint density at radius 1 is 1.18 bits per heavy atom. The number of hydrogen-bond donors (Lipinski definition) is 1. The van der Waals surface area contributed by atoms with E-state index in [1.807, 2.05) is 25.1 Å². The van der Waals surface area contributed by atoms with Gasteiger partial charge < -0.3 is 24.4 Å². The number of rotatable bonds is 8. The molecule has 10 nitrogen and oxygen atoms in total. The van der Waals surface area contributed by atoms with Crippen LogP contribution in [0.4, 0.5) is 10.5 Å². The van der Waals surface area contributed by atoms with Crippen molar-refractivity contribution in [1.82, 2.24) is 9.80 Å². The number of imide groups is 1. The quantitative estimate of drug-likeness (QED) is 0.341. The fourth-order valence-electron chi connectivity index (χ4n) is 3.86. The van der Waals surface area contributed by atoms with Crippen molar-refractivity contribution in [3.63, 3.8) is 0 Å². The highest BCUT2D eigenvalue weighted by Gasteiger charge is 2.37. The molecule has 0 aromatic heterocycles. The molecule has 2 fully saturated rings. The molecule has 0 unspecified atom stereocenters. The fourth-order valence-corrected chi connectivity index (χ4v) is 5.48. The lowest BCUT2D eigenvalue weighted by Crippen LogP contribution is -2.46. The summed E-state index contributed by atoms with van der Waals surface area (Å²) in [5.41, 5.74) is 2.31. The van der Waals surface area contributed by atoms with E-state index in [2.05, 4.69) is 27.9 Å². The molecular formula is C26H26IN3O7S. The van der Waals surface area contributed by atoms with Gasteiger partial charge in [0.15, 0.2) is 18.1 Å². The first-order valence-electron chi connectivity index (χ1n) is 11.7. The largest absolute Gasteiger partial charge is 0.493 e. The second-order valence-corrected chi connectivity index (χ2v) is 10.7. The Hall–Kier alpha value is -3.10. The Labute approximate surface area is 237 Å². The smallest absolute Gasteiger partial charge is 0.294 e. The molecule has 4 rings (SSSR count). The van der Waals surface area contributed by atoms with E-state index in [4.69, 9.17) is 14.2 Å². The number of benzene rings is 2. The molecule has 2 aromatic rings.